The number of fused-ring (bicyclic) bond motifs is 1. The van der Waals surface area contributed by atoms with Crippen LogP contribution in [-0.4, -0.2) is 51.2 Å². The molecule has 21 heavy (non-hydrogen) atoms. The van der Waals surface area contributed by atoms with Crippen LogP contribution in [0.3, 0.4) is 0 Å². The molecule has 2 aromatic rings. The number of nitrogens with two attached hydrogens (primary N) is 1. The highest BCUT2D eigenvalue weighted by molar-refractivity contribution is 7.16. The Balaban J connectivity index is 1.81. The fourth-order valence-corrected chi connectivity index (χ4v) is 3.09. The van der Waals surface area contributed by atoms with Crippen molar-refractivity contribution in [2.45, 2.75) is 13.5 Å². The number of nitrogen functional groups attached to an aromatic ring is 1. The third kappa shape index (κ3) is 2.54. The first-order valence-electron chi connectivity index (χ1n) is 6.63. The van der Waals surface area contributed by atoms with Crippen LogP contribution >= 0.6 is 11.3 Å². The fraction of sp³-hybridized carbons (Fsp3) is 0.385. The maximum Gasteiger partial charge on any atom is 0.243 e. The van der Waals surface area contributed by atoms with Crippen molar-refractivity contribution >= 4 is 39.2 Å². The molecule has 0 aliphatic carbocycles. The summed E-state index contributed by atoms with van der Waals surface area (Å²) in [6, 6.07) is 1.87. The van der Waals surface area contributed by atoms with Gasteiger partial charge in [0.1, 0.15) is 17.2 Å². The maximum atomic E-state index is 12.1. The lowest BCUT2D eigenvalue weighted by Crippen LogP contribution is -2.53. The molecule has 0 aromatic carbocycles. The number of piperazine rings is 1. The number of rotatable bonds is 3. The molecule has 0 radical (unpaired) electrons. The lowest BCUT2D eigenvalue weighted by Gasteiger charge is -2.32. The van der Waals surface area contributed by atoms with Gasteiger partial charge in [-0.15, -0.1) is 11.3 Å². The van der Waals surface area contributed by atoms with Gasteiger partial charge in [-0.05, 0) is 18.4 Å². The number of hydrogen-bond acceptors (Lipinski definition) is 6. The van der Waals surface area contributed by atoms with E-state index in [1.165, 1.54) is 21.1 Å². The minimum Gasteiger partial charge on any atom is -0.383 e. The van der Waals surface area contributed by atoms with Crippen LogP contribution in [0, 0.1) is 0 Å². The maximum absolute atomic E-state index is 12.1. The molecular formula is C13H15N5O2S. The molecule has 7 nitrogen and oxygen atoms in total. The predicted octanol–water partition coefficient (Wildman–Crippen LogP) is 0.464. The van der Waals surface area contributed by atoms with Crippen LogP contribution in [-0.2, 0) is 16.1 Å². The van der Waals surface area contributed by atoms with Crippen molar-refractivity contribution in [3.8, 4) is 0 Å². The number of likely N-dealkylation sites (N-methyl/N-ethyl adjacent to an activating group) is 1. The number of anilines is 1. The summed E-state index contributed by atoms with van der Waals surface area (Å²) in [6.07, 6.45) is 0. The van der Waals surface area contributed by atoms with Crippen LogP contribution in [0.2, 0.25) is 0 Å². The van der Waals surface area contributed by atoms with Crippen LogP contribution in [0.25, 0.3) is 10.2 Å². The SMILES string of the molecule is CCN1CC(=O)N(Cc2nc(N)c3ccsc3n2)CC1=O. The number of nitrogens with zero attached hydrogens (tertiary/aromatic N) is 4. The smallest absolute Gasteiger partial charge is 0.243 e. The summed E-state index contributed by atoms with van der Waals surface area (Å²) >= 11 is 1.47. The van der Waals surface area contributed by atoms with E-state index in [9.17, 15) is 9.59 Å². The summed E-state index contributed by atoms with van der Waals surface area (Å²) < 4.78 is 0. The van der Waals surface area contributed by atoms with Gasteiger partial charge in [-0.25, -0.2) is 9.97 Å². The standard InChI is InChI=1S/C13H15N5O2S/c1-2-17-6-11(20)18(7-10(17)19)5-9-15-12(14)8-3-4-21-13(8)16-9/h3-4H,2,5-7H2,1H3,(H2,14,15,16). The zero-order chi connectivity index (χ0) is 15.0. The number of thiophene rings is 1. The normalized spacial score (nSPS) is 16.0. The molecular weight excluding hydrogens is 290 g/mol. The highest BCUT2D eigenvalue weighted by atomic mass is 32.1. The largest absolute Gasteiger partial charge is 0.383 e. The number of carbonyl (C=O) groups is 2. The molecule has 0 spiro atoms. The van der Waals surface area contributed by atoms with E-state index in [-0.39, 0.29) is 31.4 Å². The Hall–Kier alpha value is -2.22. The molecule has 2 amide bonds. The first kappa shape index (κ1) is 13.7. The second-order valence-corrected chi connectivity index (χ2v) is 5.72. The van der Waals surface area contributed by atoms with Crippen molar-refractivity contribution in [2.75, 3.05) is 25.4 Å². The summed E-state index contributed by atoms with van der Waals surface area (Å²) in [4.78, 5) is 36.4. The molecule has 3 heterocycles. The quantitative estimate of drug-likeness (QED) is 0.889. The van der Waals surface area contributed by atoms with Gasteiger partial charge in [-0.2, -0.15) is 0 Å². The van der Waals surface area contributed by atoms with E-state index >= 15 is 0 Å². The van der Waals surface area contributed by atoms with E-state index in [2.05, 4.69) is 9.97 Å². The van der Waals surface area contributed by atoms with Crippen LogP contribution in [0.1, 0.15) is 12.7 Å². The summed E-state index contributed by atoms with van der Waals surface area (Å²) in [5, 5.41) is 2.72. The molecule has 0 atom stereocenters. The second kappa shape index (κ2) is 5.28. The lowest BCUT2D eigenvalue weighted by molar-refractivity contribution is -0.150. The molecule has 0 unspecified atom stereocenters. The van der Waals surface area contributed by atoms with Gasteiger partial charge in [-0.3, -0.25) is 9.59 Å². The van der Waals surface area contributed by atoms with Gasteiger partial charge in [0.2, 0.25) is 11.8 Å². The van der Waals surface area contributed by atoms with Crippen LogP contribution in [0.5, 0.6) is 0 Å². The summed E-state index contributed by atoms with van der Waals surface area (Å²) in [5.41, 5.74) is 5.89. The highest BCUT2D eigenvalue weighted by Crippen LogP contribution is 2.23. The number of aromatic nitrogens is 2. The highest BCUT2D eigenvalue weighted by Gasteiger charge is 2.29. The molecule has 2 N–H and O–H groups in total. The van der Waals surface area contributed by atoms with Gasteiger partial charge in [0, 0.05) is 6.54 Å². The Morgan fingerprint density at radius 3 is 2.71 bits per heavy atom. The van der Waals surface area contributed by atoms with Crippen molar-refractivity contribution in [2.24, 2.45) is 0 Å². The Morgan fingerprint density at radius 2 is 1.95 bits per heavy atom. The van der Waals surface area contributed by atoms with Crippen molar-refractivity contribution in [1.29, 1.82) is 0 Å². The topological polar surface area (TPSA) is 92.4 Å². The zero-order valence-corrected chi connectivity index (χ0v) is 12.4. The predicted molar refractivity (Wildman–Crippen MR) is 79.5 cm³/mol. The van der Waals surface area contributed by atoms with Crippen molar-refractivity contribution in [3.05, 3.63) is 17.3 Å². The number of hydrogen-bond donors (Lipinski definition) is 1. The second-order valence-electron chi connectivity index (χ2n) is 4.82. The Morgan fingerprint density at radius 1 is 1.24 bits per heavy atom. The zero-order valence-electron chi connectivity index (χ0n) is 11.6. The average Bonchev–Trinajstić information content (AvgIpc) is 2.91. The molecule has 0 saturated carbocycles. The van der Waals surface area contributed by atoms with E-state index in [0.717, 1.165) is 10.2 Å². The number of carbonyl (C=O) groups excluding carboxylic acids is 2. The first-order valence-corrected chi connectivity index (χ1v) is 7.51. The molecule has 2 aromatic heterocycles. The molecule has 3 rings (SSSR count). The molecule has 1 fully saturated rings. The summed E-state index contributed by atoms with van der Waals surface area (Å²) in [5.74, 6) is 0.725. The van der Waals surface area contributed by atoms with E-state index in [0.29, 0.717) is 18.2 Å². The lowest BCUT2D eigenvalue weighted by atomic mass is 10.3. The molecule has 1 aliphatic rings. The monoisotopic (exact) mass is 305 g/mol. The third-order valence-electron chi connectivity index (χ3n) is 3.47. The number of amides is 2. The van der Waals surface area contributed by atoms with Crippen LogP contribution in [0.4, 0.5) is 5.82 Å². The van der Waals surface area contributed by atoms with E-state index in [4.69, 9.17) is 5.73 Å². The van der Waals surface area contributed by atoms with Crippen molar-refractivity contribution in [3.63, 3.8) is 0 Å². The van der Waals surface area contributed by atoms with Gasteiger partial charge < -0.3 is 15.5 Å². The van der Waals surface area contributed by atoms with Gasteiger partial charge >= 0.3 is 0 Å². The molecule has 110 valence electrons. The van der Waals surface area contributed by atoms with Gasteiger partial charge in [0.05, 0.1) is 18.5 Å². The van der Waals surface area contributed by atoms with Crippen LogP contribution in [0.15, 0.2) is 11.4 Å². The minimum atomic E-state index is -0.0927. The van der Waals surface area contributed by atoms with E-state index in [1.54, 1.807) is 0 Å². The van der Waals surface area contributed by atoms with Gasteiger partial charge in [-0.1, -0.05) is 0 Å². The van der Waals surface area contributed by atoms with Crippen LogP contribution < -0.4 is 5.73 Å². The Kier molecular flexibility index (Phi) is 3.46. The van der Waals surface area contributed by atoms with Gasteiger partial charge in [0.15, 0.2) is 5.82 Å². The average molecular weight is 305 g/mol. The van der Waals surface area contributed by atoms with E-state index in [1.807, 2.05) is 18.4 Å². The minimum absolute atomic E-state index is 0.0535. The Labute approximate surface area is 125 Å². The summed E-state index contributed by atoms with van der Waals surface area (Å²) in [7, 11) is 0. The first-order chi connectivity index (χ1) is 10.1. The molecule has 8 heteroatoms. The molecule has 1 aliphatic heterocycles. The Bertz CT molecular complexity index is 714. The van der Waals surface area contributed by atoms with Crippen molar-refractivity contribution < 1.29 is 9.59 Å². The fourth-order valence-electron chi connectivity index (χ4n) is 2.30. The summed E-state index contributed by atoms with van der Waals surface area (Å²) in [6.45, 7) is 2.79. The van der Waals surface area contributed by atoms with Crippen molar-refractivity contribution in [1.82, 2.24) is 19.8 Å². The molecule has 1 saturated heterocycles. The molecule has 0 bridgehead atoms. The van der Waals surface area contributed by atoms with Gasteiger partial charge in [0.25, 0.3) is 0 Å². The van der Waals surface area contributed by atoms with E-state index < -0.39 is 0 Å². The third-order valence-corrected chi connectivity index (χ3v) is 4.28.